The molecule has 1 aromatic carbocycles. The molecule has 0 radical (unpaired) electrons. The number of aryl methyl sites for hydroxylation is 1. The first-order valence-corrected chi connectivity index (χ1v) is 6.99. The summed E-state index contributed by atoms with van der Waals surface area (Å²) in [5.41, 5.74) is 1.63. The van der Waals surface area contributed by atoms with E-state index in [0.29, 0.717) is 24.5 Å². The summed E-state index contributed by atoms with van der Waals surface area (Å²) < 4.78 is 19.3. The maximum atomic E-state index is 14.2. The van der Waals surface area contributed by atoms with Crippen molar-refractivity contribution >= 4 is 5.82 Å². The minimum Gasteiger partial charge on any atom is -0.497 e. The number of rotatable bonds is 6. The Bertz CT molecular complexity index is 587. The van der Waals surface area contributed by atoms with Crippen molar-refractivity contribution in [1.82, 2.24) is 9.97 Å². The summed E-state index contributed by atoms with van der Waals surface area (Å²) in [5.74, 6) is 0.870. The Morgan fingerprint density at radius 1 is 1.19 bits per heavy atom. The molecule has 0 bridgehead atoms. The fourth-order valence-electron chi connectivity index (χ4n) is 2.10. The first-order valence-electron chi connectivity index (χ1n) is 6.99. The van der Waals surface area contributed by atoms with Crippen LogP contribution >= 0.6 is 0 Å². The van der Waals surface area contributed by atoms with Crippen LogP contribution < -0.4 is 9.64 Å². The molecule has 5 heteroatoms. The topological polar surface area (TPSA) is 38.2 Å². The zero-order valence-corrected chi connectivity index (χ0v) is 12.6. The second-order valence-corrected chi connectivity index (χ2v) is 4.83. The molecule has 0 unspecified atom stereocenters. The molecule has 0 amide bonds. The van der Waals surface area contributed by atoms with Crippen LogP contribution in [0.15, 0.2) is 30.6 Å². The number of ether oxygens (including phenoxy) is 1. The third-order valence-corrected chi connectivity index (χ3v) is 3.43. The van der Waals surface area contributed by atoms with Gasteiger partial charge in [0.15, 0.2) is 11.6 Å². The van der Waals surface area contributed by atoms with Crippen molar-refractivity contribution in [3.05, 3.63) is 47.7 Å². The largest absolute Gasteiger partial charge is 0.497 e. The van der Waals surface area contributed by atoms with Crippen molar-refractivity contribution in [3.63, 3.8) is 0 Å². The maximum absolute atomic E-state index is 14.2. The zero-order chi connectivity index (χ0) is 15.2. The number of aromatic nitrogens is 2. The molecule has 1 aromatic heterocycles. The average Bonchev–Trinajstić information content (AvgIpc) is 2.53. The number of hydrogen-bond acceptors (Lipinski definition) is 4. The van der Waals surface area contributed by atoms with Gasteiger partial charge in [-0.05, 0) is 30.5 Å². The van der Waals surface area contributed by atoms with E-state index in [9.17, 15) is 4.39 Å². The minimum absolute atomic E-state index is 0.322. The van der Waals surface area contributed by atoms with Crippen LogP contribution in [0.4, 0.5) is 10.2 Å². The standard InChI is InChI=1S/C16H20FN3O/c1-4-14-15(17)16(19-11-18-14)20(2)10-9-12-5-7-13(21-3)8-6-12/h5-8,11H,4,9-10H2,1-3H3. The Kier molecular flexibility index (Phi) is 5.09. The van der Waals surface area contributed by atoms with Crippen LogP contribution in [0.2, 0.25) is 0 Å². The molecule has 0 spiro atoms. The first kappa shape index (κ1) is 15.2. The van der Waals surface area contributed by atoms with Crippen molar-refractivity contribution in [3.8, 4) is 5.75 Å². The van der Waals surface area contributed by atoms with Crippen molar-refractivity contribution in [2.24, 2.45) is 0 Å². The zero-order valence-electron chi connectivity index (χ0n) is 12.6. The highest BCUT2D eigenvalue weighted by Gasteiger charge is 2.13. The van der Waals surface area contributed by atoms with Crippen molar-refractivity contribution in [2.75, 3.05) is 25.6 Å². The fourth-order valence-corrected chi connectivity index (χ4v) is 2.10. The second kappa shape index (κ2) is 7.02. The summed E-state index contributed by atoms with van der Waals surface area (Å²) in [5, 5.41) is 0. The molecule has 2 aromatic rings. The van der Waals surface area contributed by atoms with Gasteiger partial charge in [0.1, 0.15) is 12.1 Å². The van der Waals surface area contributed by atoms with E-state index < -0.39 is 0 Å². The Balaban J connectivity index is 2.02. The number of nitrogens with zero attached hydrogens (tertiary/aromatic N) is 3. The molecule has 4 nitrogen and oxygen atoms in total. The van der Waals surface area contributed by atoms with Gasteiger partial charge in [-0.2, -0.15) is 0 Å². The molecule has 1 heterocycles. The third kappa shape index (κ3) is 3.68. The van der Waals surface area contributed by atoms with E-state index in [1.165, 1.54) is 11.9 Å². The lowest BCUT2D eigenvalue weighted by molar-refractivity contribution is 0.414. The van der Waals surface area contributed by atoms with Gasteiger partial charge in [0.2, 0.25) is 0 Å². The molecule has 0 aliphatic rings. The van der Waals surface area contributed by atoms with Gasteiger partial charge >= 0.3 is 0 Å². The Morgan fingerprint density at radius 2 is 1.90 bits per heavy atom. The molecule has 2 rings (SSSR count). The third-order valence-electron chi connectivity index (χ3n) is 3.43. The molecule has 0 aliphatic heterocycles. The van der Waals surface area contributed by atoms with E-state index in [0.717, 1.165) is 12.2 Å². The normalized spacial score (nSPS) is 10.5. The molecule has 0 atom stereocenters. The predicted molar refractivity (Wildman–Crippen MR) is 81.3 cm³/mol. The Labute approximate surface area is 124 Å². The van der Waals surface area contributed by atoms with Crippen LogP contribution in [0.5, 0.6) is 5.75 Å². The van der Waals surface area contributed by atoms with Crippen LogP contribution in [0.1, 0.15) is 18.2 Å². The van der Waals surface area contributed by atoms with Gasteiger partial charge in [-0.15, -0.1) is 0 Å². The molecule has 0 fully saturated rings. The van der Waals surface area contributed by atoms with Crippen molar-refractivity contribution in [2.45, 2.75) is 19.8 Å². The number of hydrogen-bond donors (Lipinski definition) is 0. The quantitative estimate of drug-likeness (QED) is 0.819. The predicted octanol–water partition coefficient (Wildman–Crippen LogP) is 2.87. The smallest absolute Gasteiger partial charge is 0.187 e. The van der Waals surface area contributed by atoms with Gasteiger partial charge in [0.05, 0.1) is 12.8 Å². The molecule has 0 saturated heterocycles. The lowest BCUT2D eigenvalue weighted by Crippen LogP contribution is -2.23. The van der Waals surface area contributed by atoms with Crippen LogP contribution in [-0.2, 0) is 12.8 Å². The number of benzene rings is 1. The highest BCUT2D eigenvalue weighted by atomic mass is 19.1. The highest BCUT2D eigenvalue weighted by molar-refractivity contribution is 5.40. The molecule has 0 N–H and O–H groups in total. The Morgan fingerprint density at radius 3 is 2.52 bits per heavy atom. The molecule has 0 aliphatic carbocycles. The summed E-state index contributed by atoms with van der Waals surface area (Å²) >= 11 is 0. The molecule has 112 valence electrons. The van der Waals surface area contributed by atoms with Crippen molar-refractivity contribution in [1.29, 1.82) is 0 Å². The molecular formula is C16H20FN3O. The van der Waals surface area contributed by atoms with Crippen LogP contribution in [0.25, 0.3) is 0 Å². The molecule has 21 heavy (non-hydrogen) atoms. The summed E-state index contributed by atoms with van der Waals surface area (Å²) in [6.45, 7) is 2.57. The lowest BCUT2D eigenvalue weighted by Gasteiger charge is -2.19. The minimum atomic E-state index is -0.322. The Hall–Kier alpha value is -2.17. The number of anilines is 1. The summed E-state index contributed by atoms with van der Waals surface area (Å²) in [6.07, 6.45) is 2.79. The monoisotopic (exact) mass is 289 g/mol. The van der Waals surface area contributed by atoms with Gasteiger partial charge in [-0.1, -0.05) is 19.1 Å². The number of methoxy groups -OCH3 is 1. The van der Waals surface area contributed by atoms with E-state index >= 15 is 0 Å². The first-order chi connectivity index (χ1) is 10.2. The average molecular weight is 289 g/mol. The van der Waals surface area contributed by atoms with Crippen LogP contribution in [-0.4, -0.2) is 30.7 Å². The summed E-state index contributed by atoms with van der Waals surface area (Å²) in [4.78, 5) is 9.82. The van der Waals surface area contributed by atoms with Gasteiger partial charge in [0, 0.05) is 13.6 Å². The summed E-state index contributed by atoms with van der Waals surface area (Å²) in [6, 6.07) is 7.88. The number of halogens is 1. The van der Waals surface area contributed by atoms with E-state index in [1.54, 1.807) is 7.11 Å². The molecular weight excluding hydrogens is 269 g/mol. The maximum Gasteiger partial charge on any atom is 0.187 e. The van der Waals surface area contributed by atoms with E-state index in [2.05, 4.69) is 9.97 Å². The van der Waals surface area contributed by atoms with Crippen LogP contribution in [0.3, 0.4) is 0 Å². The van der Waals surface area contributed by atoms with Gasteiger partial charge in [-0.25, -0.2) is 14.4 Å². The van der Waals surface area contributed by atoms with Crippen LogP contribution in [0, 0.1) is 5.82 Å². The number of likely N-dealkylation sites (N-methyl/N-ethyl adjacent to an activating group) is 1. The van der Waals surface area contributed by atoms with E-state index in [1.807, 2.05) is 43.1 Å². The fraction of sp³-hybridized carbons (Fsp3) is 0.375. The lowest BCUT2D eigenvalue weighted by atomic mass is 10.1. The van der Waals surface area contributed by atoms with Gasteiger partial charge < -0.3 is 9.64 Å². The van der Waals surface area contributed by atoms with Crippen molar-refractivity contribution < 1.29 is 9.13 Å². The molecule has 0 saturated carbocycles. The van der Waals surface area contributed by atoms with E-state index in [-0.39, 0.29) is 5.82 Å². The van der Waals surface area contributed by atoms with E-state index in [4.69, 9.17) is 4.74 Å². The summed E-state index contributed by atoms with van der Waals surface area (Å²) in [7, 11) is 3.49. The second-order valence-electron chi connectivity index (χ2n) is 4.83. The van der Waals surface area contributed by atoms with Gasteiger partial charge in [-0.3, -0.25) is 0 Å². The highest BCUT2D eigenvalue weighted by Crippen LogP contribution is 2.18. The van der Waals surface area contributed by atoms with Gasteiger partial charge in [0.25, 0.3) is 0 Å². The SMILES string of the molecule is CCc1ncnc(N(C)CCc2ccc(OC)cc2)c1F.